The number of likely N-dealkylation sites (N-methyl/N-ethyl adjacent to an activating group) is 1. The van der Waals surface area contributed by atoms with Gasteiger partial charge >= 0.3 is 6.09 Å². The standard InChI is InChI=1S/C15H23N3O3/c1-18(2)11-14(19)16-9-6-10-17-15(20)21-12-13-7-4-3-5-8-13/h3-5,7-8H,6,9-12H2,1-2H3,(H,16,19)(H,17,20). The molecule has 21 heavy (non-hydrogen) atoms. The molecule has 1 aromatic carbocycles. The molecule has 2 N–H and O–H groups in total. The molecule has 0 aliphatic heterocycles. The molecule has 0 fully saturated rings. The van der Waals surface area contributed by atoms with Crippen molar-refractivity contribution < 1.29 is 14.3 Å². The van der Waals surface area contributed by atoms with E-state index in [1.807, 2.05) is 44.4 Å². The summed E-state index contributed by atoms with van der Waals surface area (Å²) in [5, 5.41) is 5.42. The van der Waals surface area contributed by atoms with Crippen LogP contribution >= 0.6 is 0 Å². The van der Waals surface area contributed by atoms with Crippen molar-refractivity contribution in [2.24, 2.45) is 0 Å². The number of benzene rings is 1. The number of carbonyl (C=O) groups excluding carboxylic acids is 2. The van der Waals surface area contributed by atoms with E-state index in [0.29, 0.717) is 26.1 Å². The Morgan fingerprint density at radius 1 is 1.10 bits per heavy atom. The molecule has 0 radical (unpaired) electrons. The molecule has 0 saturated carbocycles. The summed E-state index contributed by atoms with van der Waals surface area (Å²) in [6.45, 7) is 1.63. The maximum Gasteiger partial charge on any atom is 0.407 e. The van der Waals surface area contributed by atoms with Gasteiger partial charge in [0.1, 0.15) is 6.61 Å². The van der Waals surface area contributed by atoms with Crippen LogP contribution in [0.2, 0.25) is 0 Å². The highest BCUT2D eigenvalue weighted by Crippen LogP contribution is 2.00. The van der Waals surface area contributed by atoms with Gasteiger partial charge in [-0.2, -0.15) is 0 Å². The van der Waals surface area contributed by atoms with Gasteiger partial charge in [0.25, 0.3) is 0 Å². The van der Waals surface area contributed by atoms with Crippen LogP contribution in [-0.4, -0.2) is 50.6 Å². The molecule has 0 bridgehead atoms. The van der Waals surface area contributed by atoms with Gasteiger partial charge in [0.05, 0.1) is 6.54 Å². The Kier molecular flexibility index (Phi) is 7.89. The van der Waals surface area contributed by atoms with E-state index in [1.54, 1.807) is 4.90 Å². The summed E-state index contributed by atoms with van der Waals surface area (Å²) in [5.41, 5.74) is 0.948. The fourth-order valence-electron chi connectivity index (χ4n) is 1.62. The zero-order chi connectivity index (χ0) is 15.5. The zero-order valence-corrected chi connectivity index (χ0v) is 12.6. The molecular formula is C15H23N3O3. The van der Waals surface area contributed by atoms with Crippen LogP contribution in [0.3, 0.4) is 0 Å². The fourth-order valence-corrected chi connectivity index (χ4v) is 1.62. The highest BCUT2D eigenvalue weighted by molar-refractivity contribution is 5.77. The largest absolute Gasteiger partial charge is 0.445 e. The molecule has 116 valence electrons. The topological polar surface area (TPSA) is 70.7 Å². The van der Waals surface area contributed by atoms with Crippen molar-refractivity contribution in [2.75, 3.05) is 33.7 Å². The lowest BCUT2D eigenvalue weighted by Crippen LogP contribution is -2.35. The van der Waals surface area contributed by atoms with Crippen LogP contribution < -0.4 is 10.6 Å². The summed E-state index contributed by atoms with van der Waals surface area (Å²) in [6.07, 6.45) is 0.220. The van der Waals surface area contributed by atoms with Crippen molar-refractivity contribution in [3.05, 3.63) is 35.9 Å². The first kappa shape index (κ1) is 17.0. The van der Waals surface area contributed by atoms with Gasteiger partial charge in [-0.3, -0.25) is 4.79 Å². The maximum atomic E-state index is 11.4. The highest BCUT2D eigenvalue weighted by Gasteiger charge is 2.03. The number of alkyl carbamates (subject to hydrolysis) is 1. The number of rotatable bonds is 8. The Bertz CT molecular complexity index is 435. The van der Waals surface area contributed by atoms with Crippen LogP contribution in [0.4, 0.5) is 4.79 Å². The molecule has 0 saturated heterocycles. The Morgan fingerprint density at radius 2 is 1.76 bits per heavy atom. The molecule has 0 aromatic heterocycles. The number of hydrogen-bond donors (Lipinski definition) is 2. The number of nitrogens with one attached hydrogen (secondary N) is 2. The van der Waals surface area contributed by atoms with Crippen LogP contribution in [0.15, 0.2) is 30.3 Å². The molecule has 6 heteroatoms. The van der Waals surface area contributed by atoms with Gasteiger partial charge in [-0.1, -0.05) is 30.3 Å². The van der Waals surface area contributed by atoms with E-state index < -0.39 is 6.09 Å². The van der Waals surface area contributed by atoms with Crippen LogP contribution in [-0.2, 0) is 16.1 Å². The maximum absolute atomic E-state index is 11.4. The van der Waals surface area contributed by atoms with Crippen molar-refractivity contribution in [3.63, 3.8) is 0 Å². The quantitative estimate of drug-likeness (QED) is 0.701. The van der Waals surface area contributed by atoms with E-state index in [4.69, 9.17) is 4.74 Å². The number of ether oxygens (including phenoxy) is 1. The third kappa shape index (κ3) is 8.65. The van der Waals surface area contributed by atoms with Gasteiger partial charge in [-0.15, -0.1) is 0 Å². The van der Waals surface area contributed by atoms with Crippen molar-refractivity contribution in [2.45, 2.75) is 13.0 Å². The second-order valence-electron chi connectivity index (χ2n) is 4.93. The Morgan fingerprint density at radius 3 is 2.43 bits per heavy atom. The summed E-state index contributed by atoms with van der Waals surface area (Å²) in [4.78, 5) is 24.6. The number of carbonyl (C=O) groups is 2. The zero-order valence-electron chi connectivity index (χ0n) is 12.6. The minimum Gasteiger partial charge on any atom is -0.445 e. The van der Waals surface area contributed by atoms with Crippen LogP contribution in [0.5, 0.6) is 0 Å². The number of amides is 2. The molecule has 0 unspecified atom stereocenters. The van der Waals surface area contributed by atoms with Gasteiger partial charge in [-0.05, 0) is 26.1 Å². The van der Waals surface area contributed by atoms with Gasteiger partial charge < -0.3 is 20.3 Å². The first-order valence-electron chi connectivity index (χ1n) is 6.94. The molecule has 1 rings (SSSR count). The highest BCUT2D eigenvalue weighted by atomic mass is 16.5. The van der Waals surface area contributed by atoms with E-state index in [2.05, 4.69) is 10.6 Å². The Hall–Kier alpha value is -2.08. The summed E-state index contributed by atoms with van der Waals surface area (Å²) < 4.78 is 5.06. The normalized spacial score (nSPS) is 10.2. The lowest BCUT2D eigenvalue weighted by atomic mass is 10.2. The lowest BCUT2D eigenvalue weighted by molar-refractivity contribution is -0.121. The van der Waals surface area contributed by atoms with E-state index in [-0.39, 0.29) is 12.5 Å². The van der Waals surface area contributed by atoms with E-state index >= 15 is 0 Å². The third-order valence-electron chi connectivity index (χ3n) is 2.62. The Labute approximate surface area is 125 Å². The summed E-state index contributed by atoms with van der Waals surface area (Å²) in [7, 11) is 3.67. The van der Waals surface area contributed by atoms with Gasteiger partial charge in [0.15, 0.2) is 0 Å². The van der Waals surface area contributed by atoms with Crippen molar-refractivity contribution in [3.8, 4) is 0 Å². The molecule has 0 heterocycles. The Balaban J connectivity index is 2.02. The second kappa shape index (κ2) is 9.77. The summed E-state index contributed by atoms with van der Waals surface area (Å²) in [6, 6.07) is 9.50. The molecule has 0 aliphatic rings. The molecule has 1 aromatic rings. The van der Waals surface area contributed by atoms with Gasteiger partial charge in [0, 0.05) is 13.1 Å². The number of nitrogens with zero attached hydrogens (tertiary/aromatic N) is 1. The van der Waals surface area contributed by atoms with E-state index in [1.165, 1.54) is 0 Å². The first-order valence-corrected chi connectivity index (χ1v) is 6.94. The van der Waals surface area contributed by atoms with Gasteiger partial charge in [-0.25, -0.2) is 4.79 Å². The smallest absolute Gasteiger partial charge is 0.407 e. The summed E-state index contributed by atoms with van der Waals surface area (Å²) in [5.74, 6) is -0.0216. The molecule has 0 atom stereocenters. The predicted octanol–water partition coefficient (Wildman–Crippen LogP) is 0.981. The van der Waals surface area contributed by atoms with Crippen molar-refractivity contribution in [1.82, 2.24) is 15.5 Å². The summed E-state index contributed by atoms with van der Waals surface area (Å²) >= 11 is 0. The monoisotopic (exact) mass is 293 g/mol. The average molecular weight is 293 g/mol. The van der Waals surface area contributed by atoms with Crippen molar-refractivity contribution >= 4 is 12.0 Å². The molecule has 2 amide bonds. The third-order valence-corrected chi connectivity index (χ3v) is 2.62. The predicted molar refractivity (Wildman–Crippen MR) is 80.8 cm³/mol. The molecule has 0 spiro atoms. The second-order valence-corrected chi connectivity index (χ2v) is 4.93. The number of hydrogen-bond acceptors (Lipinski definition) is 4. The van der Waals surface area contributed by atoms with E-state index in [9.17, 15) is 9.59 Å². The lowest BCUT2D eigenvalue weighted by Gasteiger charge is -2.10. The first-order chi connectivity index (χ1) is 10.1. The molecular weight excluding hydrogens is 270 g/mol. The van der Waals surface area contributed by atoms with Crippen LogP contribution in [0.25, 0.3) is 0 Å². The molecule has 0 aliphatic carbocycles. The van der Waals surface area contributed by atoms with Gasteiger partial charge in [0.2, 0.25) is 5.91 Å². The van der Waals surface area contributed by atoms with Crippen LogP contribution in [0, 0.1) is 0 Å². The average Bonchev–Trinajstić information content (AvgIpc) is 2.45. The van der Waals surface area contributed by atoms with E-state index in [0.717, 1.165) is 5.56 Å². The fraction of sp³-hybridized carbons (Fsp3) is 0.467. The van der Waals surface area contributed by atoms with Crippen molar-refractivity contribution in [1.29, 1.82) is 0 Å². The van der Waals surface area contributed by atoms with Crippen LogP contribution in [0.1, 0.15) is 12.0 Å². The SMILES string of the molecule is CN(C)CC(=O)NCCCNC(=O)OCc1ccccc1. The minimum absolute atomic E-state index is 0.0216. The molecule has 6 nitrogen and oxygen atoms in total. The minimum atomic E-state index is -0.446.